The average molecular weight is 797 g/mol. The van der Waals surface area contributed by atoms with Crippen LogP contribution in [0.25, 0.3) is 0 Å². The van der Waals surface area contributed by atoms with E-state index in [0.29, 0.717) is 60.4 Å². The lowest BCUT2D eigenvalue weighted by molar-refractivity contribution is -0.253. The van der Waals surface area contributed by atoms with E-state index in [1.807, 2.05) is 18.7 Å². The number of halogens is 2. The van der Waals surface area contributed by atoms with Crippen molar-refractivity contribution < 1.29 is 33.0 Å². The number of hydrogen-bond acceptors (Lipinski definition) is 5. The zero-order chi connectivity index (χ0) is 40.9. The fourth-order valence-corrected chi connectivity index (χ4v) is 17.3. The van der Waals surface area contributed by atoms with E-state index in [0.717, 1.165) is 70.8 Å². The van der Waals surface area contributed by atoms with Gasteiger partial charge >= 0.3 is 11.9 Å². The smallest absolute Gasteiger partial charge is 0.309 e. The van der Waals surface area contributed by atoms with Crippen LogP contribution >= 0.6 is 0 Å². The zero-order valence-corrected chi connectivity index (χ0v) is 36.6. The van der Waals surface area contributed by atoms with Gasteiger partial charge in [-0.05, 0) is 153 Å². The Labute approximate surface area is 341 Å². The summed E-state index contributed by atoms with van der Waals surface area (Å²) in [6.07, 6.45) is 15.3. The first-order valence-corrected chi connectivity index (χ1v) is 23.4. The highest BCUT2D eigenvalue weighted by Crippen LogP contribution is 2.79. The van der Waals surface area contributed by atoms with Gasteiger partial charge in [0.05, 0.1) is 23.8 Å². The van der Waals surface area contributed by atoms with Crippen molar-refractivity contribution in [1.29, 1.82) is 0 Å². The summed E-state index contributed by atoms with van der Waals surface area (Å²) >= 11 is 0. The molecule has 2 heterocycles. The molecule has 7 aliphatic carbocycles. The summed E-state index contributed by atoms with van der Waals surface area (Å²) in [4.78, 5) is 45.0. The van der Waals surface area contributed by atoms with E-state index in [1.54, 1.807) is 0 Å². The molecule has 9 rings (SSSR count). The molecular weight excluding hydrogens is 723 g/mol. The van der Waals surface area contributed by atoms with E-state index in [-0.39, 0.29) is 64.1 Å². The van der Waals surface area contributed by atoms with E-state index in [4.69, 9.17) is 4.74 Å². The number of nitrogens with zero attached hydrogens (tertiary/aromatic N) is 2. The number of alkyl halides is 2. The molecular formula is C48H74F2N2O5. The molecule has 0 aromatic heterocycles. The first kappa shape index (κ1) is 40.6. The lowest BCUT2D eigenvalue weighted by Gasteiger charge is -2.73. The van der Waals surface area contributed by atoms with Crippen LogP contribution in [0.2, 0.25) is 0 Å². The molecule has 2 aliphatic heterocycles. The minimum absolute atomic E-state index is 0.0494. The number of carbonyl (C=O) groups excluding carboxylic acids is 2. The third kappa shape index (κ3) is 5.69. The Morgan fingerprint density at radius 1 is 0.702 bits per heavy atom. The molecule has 0 unspecified atom stereocenters. The van der Waals surface area contributed by atoms with Crippen molar-refractivity contribution in [2.24, 2.45) is 79.3 Å². The van der Waals surface area contributed by atoms with Crippen LogP contribution in [0, 0.1) is 79.3 Å². The number of aliphatic carboxylic acids is 1. The molecule has 7 nitrogen and oxygen atoms in total. The van der Waals surface area contributed by atoms with Gasteiger partial charge in [0.2, 0.25) is 5.91 Å². The minimum Gasteiger partial charge on any atom is -0.481 e. The molecule has 2 saturated heterocycles. The predicted molar refractivity (Wildman–Crippen MR) is 215 cm³/mol. The topological polar surface area (TPSA) is 87.2 Å². The molecule has 7 saturated carbocycles. The number of hydrogen-bond donors (Lipinski definition) is 1. The Balaban J connectivity index is 0.963. The van der Waals surface area contributed by atoms with Gasteiger partial charge < -0.3 is 14.7 Å². The normalized spacial score (nSPS) is 48.8. The van der Waals surface area contributed by atoms with Crippen LogP contribution in [0.5, 0.6) is 0 Å². The van der Waals surface area contributed by atoms with Gasteiger partial charge in [0, 0.05) is 37.5 Å². The number of carboxylic acid groups (broad SMARTS) is 1. The largest absolute Gasteiger partial charge is 0.481 e. The number of esters is 1. The number of carbonyl (C=O) groups is 3. The Kier molecular flexibility index (Phi) is 9.18. The van der Waals surface area contributed by atoms with Crippen LogP contribution in [0.4, 0.5) is 8.78 Å². The van der Waals surface area contributed by atoms with Gasteiger partial charge in [0.15, 0.2) is 0 Å². The van der Waals surface area contributed by atoms with Gasteiger partial charge in [-0.1, -0.05) is 55.4 Å². The maximum absolute atomic E-state index is 15.4. The first-order chi connectivity index (χ1) is 26.5. The number of rotatable bonds is 7. The molecule has 9 heteroatoms. The van der Waals surface area contributed by atoms with Crippen molar-refractivity contribution >= 4 is 17.8 Å². The Hall–Kier alpha value is -1.77. The van der Waals surface area contributed by atoms with Crippen LogP contribution in [0.3, 0.4) is 0 Å². The minimum atomic E-state index is -2.61. The summed E-state index contributed by atoms with van der Waals surface area (Å²) in [5.41, 5.74) is -0.390. The quantitative estimate of drug-likeness (QED) is 0.258. The highest BCUT2D eigenvalue weighted by molar-refractivity contribution is 5.84. The summed E-state index contributed by atoms with van der Waals surface area (Å²) in [6, 6.07) is 0.0494. The van der Waals surface area contributed by atoms with Crippen LogP contribution in [-0.2, 0) is 19.1 Å². The highest BCUT2D eigenvalue weighted by Gasteiger charge is 2.74. The summed E-state index contributed by atoms with van der Waals surface area (Å²) in [5, 5.41) is 9.69. The Morgan fingerprint density at radius 2 is 1.44 bits per heavy atom. The Morgan fingerprint density at radius 3 is 2.09 bits per heavy atom. The van der Waals surface area contributed by atoms with Gasteiger partial charge in [-0.15, -0.1) is 0 Å². The number of ether oxygens (including phenoxy) is 1. The SMILES string of the molecule is CC1([C@@H]2CC[C@]3(C(=O)N4CCC[C@H]4CN4CCC(F)(F)C4)CC[C@]4(C)[C@H](CC[C@@H]5[C@@]6(C)CC[C@H](OC(=O)[C@H]7C[C@@H](C(=O)O)C7(C)C)C(C)(C)[C@@H]6CC[C@]54C)[C@@H]23)CC1. The number of likely N-dealkylation sites (tertiary alicyclic amines) is 2. The number of fused-ring (bicyclic) bond motifs is 7. The van der Waals surface area contributed by atoms with Crippen molar-refractivity contribution in [1.82, 2.24) is 9.80 Å². The van der Waals surface area contributed by atoms with Crippen molar-refractivity contribution in [2.45, 2.75) is 176 Å². The standard InChI is InChI=1S/C48H74F2N2O5/c1-41(2)32(38(53)54)26-33(41)39(55)57-36-15-16-44(6)34(42(36,3)4)14-17-46(8)35(44)12-11-31-37-30(43(5)19-20-43)13-18-47(37,22-21-45(31,46)7)40(56)52-24-9-10-29(52)27-51-25-23-48(49,50)28-51/h29-37H,9-28H2,1-8H3,(H,53,54)/t29-,30+,31+,32-,33+,34-,35+,36-,37+,44-,45+,46+,47-/m0/s1. The van der Waals surface area contributed by atoms with E-state index < -0.39 is 23.2 Å². The molecule has 0 bridgehead atoms. The molecule has 1 amide bonds. The van der Waals surface area contributed by atoms with Crippen molar-refractivity contribution in [3.8, 4) is 0 Å². The van der Waals surface area contributed by atoms with E-state index >= 15 is 4.79 Å². The van der Waals surface area contributed by atoms with E-state index in [1.165, 1.54) is 25.7 Å². The average Bonchev–Trinajstić information content (AvgIpc) is 3.41. The lowest BCUT2D eigenvalue weighted by atomic mass is 9.32. The fraction of sp³-hybridized carbons (Fsp3) is 0.938. The Bertz CT molecular complexity index is 1680. The van der Waals surface area contributed by atoms with Crippen LogP contribution in [0.15, 0.2) is 0 Å². The van der Waals surface area contributed by atoms with Gasteiger partial charge in [0.1, 0.15) is 6.10 Å². The molecule has 0 aromatic rings. The highest BCUT2D eigenvalue weighted by atomic mass is 19.3. The maximum atomic E-state index is 15.4. The molecule has 0 radical (unpaired) electrons. The second-order valence-electron chi connectivity index (χ2n) is 24.1. The van der Waals surface area contributed by atoms with Crippen LogP contribution < -0.4 is 0 Å². The molecule has 9 aliphatic rings. The van der Waals surface area contributed by atoms with E-state index in [2.05, 4.69) is 46.4 Å². The number of amides is 1. The summed E-state index contributed by atoms with van der Waals surface area (Å²) in [7, 11) is 0. The predicted octanol–water partition coefficient (Wildman–Crippen LogP) is 9.86. The molecule has 9 fully saturated rings. The maximum Gasteiger partial charge on any atom is 0.309 e. The molecule has 0 spiro atoms. The van der Waals surface area contributed by atoms with Gasteiger partial charge in [0.25, 0.3) is 5.92 Å². The fourth-order valence-electron chi connectivity index (χ4n) is 17.3. The third-order valence-electron chi connectivity index (χ3n) is 21.2. The summed E-state index contributed by atoms with van der Waals surface area (Å²) in [6.45, 7) is 20.5. The zero-order valence-electron chi connectivity index (χ0n) is 36.6. The van der Waals surface area contributed by atoms with E-state index in [9.17, 15) is 23.5 Å². The van der Waals surface area contributed by atoms with Gasteiger partial charge in [-0.2, -0.15) is 0 Å². The molecule has 1 N–H and O–H groups in total. The molecule has 0 aromatic carbocycles. The summed E-state index contributed by atoms with van der Waals surface area (Å²) in [5.74, 6) is -1.68. The first-order valence-electron chi connectivity index (χ1n) is 23.4. The van der Waals surface area contributed by atoms with Crippen LogP contribution in [-0.4, -0.2) is 77.0 Å². The molecule has 320 valence electrons. The van der Waals surface area contributed by atoms with Crippen LogP contribution in [0.1, 0.15) is 158 Å². The second kappa shape index (κ2) is 12.9. The molecule has 57 heavy (non-hydrogen) atoms. The van der Waals surface area contributed by atoms with Crippen molar-refractivity contribution in [3.05, 3.63) is 0 Å². The second-order valence-corrected chi connectivity index (χ2v) is 24.1. The van der Waals surface area contributed by atoms with Crippen molar-refractivity contribution in [3.63, 3.8) is 0 Å². The van der Waals surface area contributed by atoms with Gasteiger partial charge in [-0.3, -0.25) is 19.3 Å². The third-order valence-corrected chi connectivity index (χ3v) is 21.2. The number of carboxylic acids is 1. The lowest BCUT2D eigenvalue weighted by Crippen LogP contribution is -2.68. The van der Waals surface area contributed by atoms with Gasteiger partial charge in [-0.25, -0.2) is 8.78 Å². The molecule has 13 atom stereocenters. The van der Waals surface area contributed by atoms with Crippen molar-refractivity contribution in [2.75, 3.05) is 26.2 Å². The monoisotopic (exact) mass is 797 g/mol. The summed E-state index contributed by atoms with van der Waals surface area (Å²) < 4.78 is 35.0.